The van der Waals surface area contributed by atoms with Crippen LogP contribution in [0.1, 0.15) is 48.8 Å². The second-order valence-corrected chi connectivity index (χ2v) is 6.76. The third kappa shape index (κ3) is 3.04. The molecule has 2 aromatic rings. The Labute approximate surface area is 135 Å². The predicted molar refractivity (Wildman–Crippen MR) is 90.4 cm³/mol. The number of hydrogen-bond acceptors (Lipinski definition) is 3. The van der Waals surface area contributed by atoms with Crippen molar-refractivity contribution < 1.29 is 4.74 Å². The maximum atomic E-state index is 12.3. The largest absolute Gasteiger partial charge is 0.394 e. The molecule has 0 saturated heterocycles. The van der Waals surface area contributed by atoms with Crippen LogP contribution in [0.25, 0.3) is 0 Å². The minimum absolute atomic E-state index is 0.0547. The lowest BCUT2D eigenvalue weighted by atomic mass is 9.88. The van der Waals surface area contributed by atoms with Crippen LogP contribution in [0, 0.1) is 0 Å². The smallest absolute Gasteiger partial charge is 0.273 e. The van der Waals surface area contributed by atoms with Gasteiger partial charge in [0.25, 0.3) is 5.56 Å². The van der Waals surface area contributed by atoms with Crippen LogP contribution in [0.4, 0.5) is 5.69 Å². The summed E-state index contributed by atoms with van der Waals surface area (Å²) >= 11 is 0. The number of anilines is 1. The van der Waals surface area contributed by atoms with Gasteiger partial charge in [0.05, 0.1) is 18.4 Å². The molecule has 2 N–H and O–H groups in total. The van der Waals surface area contributed by atoms with Crippen molar-refractivity contribution in [3.05, 3.63) is 64.1 Å². The summed E-state index contributed by atoms with van der Waals surface area (Å²) in [7, 11) is 0. The van der Waals surface area contributed by atoms with E-state index in [0.717, 1.165) is 12.8 Å². The molecule has 23 heavy (non-hydrogen) atoms. The topological polar surface area (TPSA) is 57.2 Å². The minimum Gasteiger partial charge on any atom is -0.394 e. The van der Waals surface area contributed by atoms with Gasteiger partial charge >= 0.3 is 0 Å². The van der Waals surface area contributed by atoms with E-state index < -0.39 is 0 Å². The first-order chi connectivity index (χ1) is 11.2. The molecule has 0 radical (unpaired) electrons. The third-order valence-electron chi connectivity index (χ3n) is 4.93. The van der Waals surface area contributed by atoms with Crippen molar-refractivity contribution >= 4 is 5.69 Å². The zero-order valence-electron chi connectivity index (χ0n) is 13.2. The molecule has 4 rings (SSSR count). The van der Waals surface area contributed by atoms with Crippen molar-refractivity contribution in [1.82, 2.24) is 4.57 Å². The van der Waals surface area contributed by atoms with Crippen LogP contribution in [0.15, 0.2) is 47.4 Å². The summed E-state index contributed by atoms with van der Waals surface area (Å²) < 4.78 is 7.77. The summed E-state index contributed by atoms with van der Waals surface area (Å²) in [5.41, 5.74) is 8.64. The van der Waals surface area contributed by atoms with Crippen LogP contribution in [0.2, 0.25) is 0 Å². The summed E-state index contributed by atoms with van der Waals surface area (Å²) in [6.45, 7) is 0.636. The van der Waals surface area contributed by atoms with Crippen molar-refractivity contribution in [2.24, 2.45) is 0 Å². The van der Waals surface area contributed by atoms with Gasteiger partial charge in [-0.1, -0.05) is 30.3 Å². The van der Waals surface area contributed by atoms with Gasteiger partial charge < -0.3 is 15.0 Å². The van der Waals surface area contributed by atoms with Crippen LogP contribution in [0.5, 0.6) is 0 Å². The van der Waals surface area contributed by atoms with Crippen LogP contribution >= 0.6 is 0 Å². The normalized spacial score (nSPS) is 23.5. The second kappa shape index (κ2) is 5.85. The van der Waals surface area contributed by atoms with Gasteiger partial charge in [-0.3, -0.25) is 4.79 Å². The zero-order chi connectivity index (χ0) is 15.8. The minimum atomic E-state index is -0.0547. The number of rotatable bonds is 5. The molecule has 2 aliphatic rings. The van der Waals surface area contributed by atoms with Crippen molar-refractivity contribution in [3.63, 3.8) is 0 Å². The van der Waals surface area contributed by atoms with Gasteiger partial charge in [-0.25, -0.2) is 0 Å². The van der Waals surface area contributed by atoms with Crippen molar-refractivity contribution in [1.29, 1.82) is 0 Å². The van der Waals surface area contributed by atoms with Gasteiger partial charge in [-0.15, -0.1) is 0 Å². The van der Waals surface area contributed by atoms with Crippen LogP contribution in [0.3, 0.4) is 0 Å². The molecular formula is C19H22N2O2. The standard InChI is InChI=1S/C19H22N2O2/c20-18-8-15(14-6-7-14)11-21(19(18)22)16-9-17(10-16)23-12-13-4-2-1-3-5-13/h1-5,8,11,14,16-17H,6-7,9-10,12,20H2/t16-,17-. The first-order valence-electron chi connectivity index (χ1n) is 8.38. The van der Waals surface area contributed by atoms with Crippen LogP contribution in [-0.2, 0) is 11.3 Å². The Balaban J connectivity index is 1.39. The van der Waals surface area contributed by atoms with E-state index in [0.29, 0.717) is 18.2 Å². The summed E-state index contributed by atoms with van der Waals surface area (Å²) in [5.74, 6) is 0.606. The highest BCUT2D eigenvalue weighted by Crippen LogP contribution is 2.41. The second-order valence-electron chi connectivity index (χ2n) is 6.76. The Kier molecular flexibility index (Phi) is 3.69. The van der Waals surface area contributed by atoms with Crippen molar-refractivity contribution in [3.8, 4) is 0 Å². The molecule has 0 aliphatic heterocycles. The fraction of sp³-hybridized carbons (Fsp3) is 0.421. The highest BCUT2D eigenvalue weighted by Gasteiger charge is 2.33. The summed E-state index contributed by atoms with van der Waals surface area (Å²) in [5, 5.41) is 0. The Bertz CT molecular complexity index is 744. The quantitative estimate of drug-likeness (QED) is 0.922. The van der Waals surface area contributed by atoms with Gasteiger partial charge in [-0.2, -0.15) is 0 Å². The average molecular weight is 310 g/mol. The molecule has 0 atom stereocenters. The monoisotopic (exact) mass is 310 g/mol. The lowest BCUT2D eigenvalue weighted by Crippen LogP contribution is -2.38. The van der Waals surface area contributed by atoms with E-state index in [1.807, 2.05) is 35.0 Å². The van der Waals surface area contributed by atoms with E-state index in [4.69, 9.17) is 10.5 Å². The molecule has 0 spiro atoms. The van der Waals surface area contributed by atoms with E-state index >= 15 is 0 Å². The number of benzene rings is 1. The Morgan fingerprint density at radius 1 is 1.17 bits per heavy atom. The molecule has 2 saturated carbocycles. The Morgan fingerprint density at radius 3 is 2.61 bits per heavy atom. The molecule has 1 heterocycles. The van der Waals surface area contributed by atoms with Crippen molar-refractivity contribution in [2.75, 3.05) is 5.73 Å². The number of nitrogens with zero attached hydrogens (tertiary/aromatic N) is 1. The van der Waals surface area contributed by atoms with E-state index in [1.165, 1.54) is 24.0 Å². The molecule has 2 aliphatic carbocycles. The lowest BCUT2D eigenvalue weighted by Gasteiger charge is -2.36. The van der Waals surface area contributed by atoms with Crippen LogP contribution < -0.4 is 11.3 Å². The number of pyridine rings is 1. The van der Waals surface area contributed by atoms with E-state index in [1.54, 1.807) is 0 Å². The molecule has 1 aromatic carbocycles. The highest BCUT2D eigenvalue weighted by molar-refractivity contribution is 5.40. The van der Waals surface area contributed by atoms with Crippen molar-refractivity contribution in [2.45, 2.75) is 50.4 Å². The fourth-order valence-corrected chi connectivity index (χ4v) is 3.25. The number of aromatic nitrogens is 1. The molecule has 120 valence electrons. The number of nitrogen functional groups attached to an aromatic ring is 1. The zero-order valence-corrected chi connectivity index (χ0v) is 13.2. The molecule has 0 bridgehead atoms. The lowest BCUT2D eigenvalue weighted by molar-refractivity contribution is -0.0364. The molecule has 0 unspecified atom stereocenters. The number of nitrogens with two attached hydrogens (primary N) is 1. The van der Waals surface area contributed by atoms with Gasteiger partial charge in [0.15, 0.2) is 0 Å². The molecule has 0 amide bonds. The summed E-state index contributed by atoms with van der Waals surface area (Å²) in [6.07, 6.45) is 6.46. The SMILES string of the molecule is Nc1cc(C2CC2)cn([C@H]2C[C@H](OCc3ccccc3)C2)c1=O. The van der Waals surface area contributed by atoms with Gasteiger partial charge in [-0.05, 0) is 48.8 Å². The van der Waals surface area contributed by atoms with E-state index in [9.17, 15) is 4.79 Å². The average Bonchev–Trinajstić information content (AvgIpc) is 3.35. The first-order valence-corrected chi connectivity index (χ1v) is 8.38. The van der Waals surface area contributed by atoms with E-state index in [-0.39, 0.29) is 17.7 Å². The molecule has 1 aromatic heterocycles. The fourth-order valence-electron chi connectivity index (χ4n) is 3.25. The van der Waals surface area contributed by atoms with Crippen LogP contribution in [-0.4, -0.2) is 10.7 Å². The third-order valence-corrected chi connectivity index (χ3v) is 4.93. The maximum absolute atomic E-state index is 12.3. The molecule has 4 nitrogen and oxygen atoms in total. The number of hydrogen-bond donors (Lipinski definition) is 1. The van der Waals surface area contributed by atoms with Gasteiger partial charge in [0.2, 0.25) is 0 Å². The maximum Gasteiger partial charge on any atom is 0.273 e. The number of ether oxygens (including phenoxy) is 1. The predicted octanol–water partition coefficient (Wildman–Crippen LogP) is 3.23. The van der Waals surface area contributed by atoms with Gasteiger partial charge in [0.1, 0.15) is 0 Å². The molecule has 4 heteroatoms. The van der Waals surface area contributed by atoms with E-state index in [2.05, 4.69) is 12.1 Å². The summed E-state index contributed by atoms with van der Waals surface area (Å²) in [6, 6.07) is 12.3. The Morgan fingerprint density at radius 2 is 1.91 bits per heavy atom. The molecule has 2 fully saturated rings. The Hall–Kier alpha value is -2.07. The highest BCUT2D eigenvalue weighted by atomic mass is 16.5. The first kappa shape index (κ1) is 14.5. The van der Waals surface area contributed by atoms with Gasteiger partial charge in [0, 0.05) is 12.2 Å². The molecular weight excluding hydrogens is 288 g/mol. The summed E-state index contributed by atoms with van der Waals surface area (Å²) in [4.78, 5) is 12.3.